The second-order valence-electron chi connectivity index (χ2n) is 4.28. The van der Waals surface area contributed by atoms with E-state index in [0.717, 1.165) is 4.47 Å². The zero-order chi connectivity index (χ0) is 14.6. The highest BCUT2D eigenvalue weighted by atomic mass is 79.9. The van der Waals surface area contributed by atoms with Crippen molar-refractivity contribution in [2.75, 3.05) is 14.2 Å². The van der Waals surface area contributed by atoms with Crippen molar-refractivity contribution in [2.45, 2.75) is 19.4 Å². The number of methoxy groups -OCH3 is 1. The number of nitrogens with zero attached hydrogens (tertiary/aromatic N) is 1. The van der Waals surface area contributed by atoms with E-state index < -0.39 is 0 Å². The van der Waals surface area contributed by atoms with Gasteiger partial charge in [0.2, 0.25) is 0 Å². The Hall–Kier alpha value is -1.14. The van der Waals surface area contributed by atoms with Crippen molar-refractivity contribution >= 4 is 39.0 Å². The fourth-order valence-corrected chi connectivity index (χ4v) is 2.27. The third kappa shape index (κ3) is 4.18. The van der Waals surface area contributed by atoms with Crippen molar-refractivity contribution < 1.29 is 9.53 Å². The van der Waals surface area contributed by atoms with Gasteiger partial charge in [-0.3, -0.25) is 4.79 Å². The number of thiocarbonyl (C=S) groups is 1. The molecule has 6 heteroatoms. The largest absolute Gasteiger partial charge is 0.497 e. The van der Waals surface area contributed by atoms with Gasteiger partial charge >= 0.3 is 0 Å². The monoisotopic (exact) mass is 344 g/mol. The summed E-state index contributed by atoms with van der Waals surface area (Å²) < 4.78 is 5.86. The lowest BCUT2D eigenvalue weighted by Crippen LogP contribution is -2.37. The van der Waals surface area contributed by atoms with Crippen LogP contribution in [0.25, 0.3) is 0 Å². The Kier molecular flexibility index (Phi) is 5.75. The summed E-state index contributed by atoms with van der Waals surface area (Å²) in [5, 5.41) is 0. The quantitative estimate of drug-likeness (QED) is 0.834. The molecule has 0 saturated carbocycles. The van der Waals surface area contributed by atoms with E-state index in [4.69, 9.17) is 22.7 Å². The lowest BCUT2D eigenvalue weighted by molar-refractivity contribution is 0.0747. The molecular weight excluding hydrogens is 328 g/mol. The van der Waals surface area contributed by atoms with Gasteiger partial charge in [-0.1, -0.05) is 12.2 Å². The van der Waals surface area contributed by atoms with Gasteiger partial charge in [-0.2, -0.15) is 0 Å². The summed E-state index contributed by atoms with van der Waals surface area (Å²) in [6, 6.07) is 5.23. The van der Waals surface area contributed by atoms with Gasteiger partial charge in [0.1, 0.15) is 5.75 Å². The summed E-state index contributed by atoms with van der Waals surface area (Å²) in [5.74, 6) is 0.538. The number of ether oxygens (including phenoxy) is 1. The fourth-order valence-electron chi connectivity index (χ4n) is 1.61. The van der Waals surface area contributed by atoms with Crippen molar-refractivity contribution in [1.29, 1.82) is 0 Å². The van der Waals surface area contributed by atoms with Gasteiger partial charge in [0.25, 0.3) is 5.91 Å². The molecule has 1 amide bonds. The summed E-state index contributed by atoms with van der Waals surface area (Å²) in [5.41, 5.74) is 6.06. The lowest BCUT2D eigenvalue weighted by Gasteiger charge is -2.25. The van der Waals surface area contributed by atoms with Crippen molar-refractivity contribution in [3.05, 3.63) is 28.2 Å². The second-order valence-corrected chi connectivity index (χ2v) is 5.66. The van der Waals surface area contributed by atoms with Gasteiger partial charge < -0.3 is 15.4 Å². The third-order valence-electron chi connectivity index (χ3n) is 2.88. The van der Waals surface area contributed by atoms with Crippen LogP contribution in [-0.2, 0) is 0 Å². The minimum Gasteiger partial charge on any atom is -0.497 e. The third-order valence-corrected chi connectivity index (χ3v) is 3.74. The SMILES string of the molecule is COc1ccc(Br)c(C(=O)N(C)C(C)CC(N)=S)c1. The van der Waals surface area contributed by atoms with Crippen LogP contribution in [-0.4, -0.2) is 36.0 Å². The number of carbonyl (C=O) groups is 1. The average molecular weight is 345 g/mol. The summed E-state index contributed by atoms with van der Waals surface area (Å²) in [6.07, 6.45) is 0.499. The maximum atomic E-state index is 12.4. The summed E-state index contributed by atoms with van der Waals surface area (Å²) in [6.45, 7) is 1.91. The first-order valence-electron chi connectivity index (χ1n) is 5.75. The van der Waals surface area contributed by atoms with E-state index in [1.54, 1.807) is 37.3 Å². The average Bonchev–Trinajstić information content (AvgIpc) is 2.36. The zero-order valence-corrected chi connectivity index (χ0v) is 13.5. The van der Waals surface area contributed by atoms with Crippen LogP contribution >= 0.6 is 28.1 Å². The highest BCUT2D eigenvalue weighted by Crippen LogP contribution is 2.24. The Balaban J connectivity index is 2.96. The van der Waals surface area contributed by atoms with E-state index in [9.17, 15) is 4.79 Å². The molecule has 1 rings (SSSR count). The Bertz CT molecular complexity index is 494. The number of amides is 1. The molecule has 2 N–H and O–H groups in total. The molecule has 19 heavy (non-hydrogen) atoms. The van der Waals surface area contributed by atoms with E-state index in [1.807, 2.05) is 6.92 Å². The van der Waals surface area contributed by atoms with Gasteiger partial charge in [0.05, 0.1) is 17.7 Å². The second kappa shape index (κ2) is 6.86. The van der Waals surface area contributed by atoms with Crippen LogP contribution in [0.2, 0.25) is 0 Å². The predicted octanol–water partition coefficient (Wildman–Crippen LogP) is 2.59. The molecule has 4 nitrogen and oxygen atoms in total. The van der Waals surface area contributed by atoms with Gasteiger partial charge in [-0.25, -0.2) is 0 Å². The van der Waals surface area contributed by atoms with Gasteiger partial charge in [0.15, 0.2) is 0 Å². The summed E-state index contributed by atoms with van der Waals surface area (Å²) in [4.78, 5) is 14.4. The molecule has 0 spiro atoms. The number of benzene rings is 1. The van der Waals surface area contributed by atoms with E-state index in [1.165, 1.54) is 0 Å². The van der Waals surface area contributed by atoms with E-state index in [-0.39, 0.29) is 11.9 Å². The first kappa shape index (κ1) is 15.9. The molecule has 1 aromatic rings. The minimum absolute atomic E-state index is 0.0527. The van der Waals surface area contributed by atoms with Gasteiger partial charge in [-0.05, 0) is 41.1 Å². The van der Waals surface area contributed by atoms with Crippen LogP contribution in [0.4, 0.5) is 0 Å². The van der Waals surface area contributed by atoms with Crippen LogP contribution < -0.4 is 10.5 Å². The highest BCUT2D eigenvalue weighted by Gasteiger charge is 2.20. The normalized spacial score (nSPS) is 11.8. The van der Waals surface area contributed by atoms with Crippen LogP contribution in [0.3, 0.4) is 0 Å². The molecule has 0 aliphatic rings. The Morgan fingerprint density at radius 2 is 2.21 bits per heavy atom. The van der Waals surface area contributed by atoms with Crippen LogP contribution in [0.5, 0.6) is 5.75 Å². The number of rotatable bonds is 5. The first-order chi connectivity index (χ1) is 8.86. The van der Waals surface area contributed by atoms with Crippen molar-refractivity contribution in [3.8, 4) is 5.75 Å². The topological polar surface area (TPSA) is 55.6 Å². The van der Waals surface area contributed by atoms with Crippen LogP contribution in [0, 0.1) is 0 Å². The predicted molar refractivity (Wildman–Crippen MR) is 83.7 cm³/mol. The fraction of sp³-hybridized carbons (Fsp3) is 0.385. The van der Waals surface area contributed by atoms with Crippen LogP contribution in [0.1, 0.15) is 23.7 Å². The maximum Gasteiger partial charge on any atom is 0.255 e. The standard InChI is InChI=1S/C13H17BrN2O2S/c1-8(6-12(15)19)16(2)13(17)10-7-9(18-3)4-5-11(10)14/h4-5,7-8H,6H2,1-3H3,(H2,15,19). The molecule has 0 aromatic heterocycles. The maximum absolute atomic E-state index is 12.4. The van der Waals surface area contributed by atoms with Crippen molar-refractivity contribution in [1.82, 2.24) is 4.90 Å². The molecule has 0 aliphatic carbocycles. The molecule has 0 fully saturated rings. The van der Waals surface area contributed by atoms with Gasteiger partial charge in [0, 0.05) is 24.0 Å². The minimum atomic E-state index is -0.102. The first-order valence-corrected chi connectivity index (χ1v) is 6.96. The molecular formula is C13H17BrN2O2S. The summed E-state index contributed by atoms with van der Waals surface area (Å²) in [7, 11) is 3.30. The number of hydrogen-bond donors (Lipinski definition) is 1. The molecule has 1 atom stereocenters. The molecule has 0 aliphatic heterocycles. The lowest BCUT2D eigenvalue weighted by atomic mass is 10.1. The molecule has 0 radical (unpaired) electrons. The molecule has 1 aromatic carbocycles. The molecule has 104 valence electrons. The Morgan fingerprint density at radius 1 is 1.58 bits per heavy atom. The van der Waals surface area contributed by atoms with Crippen LogP contribution in [0.15, 0.2) is 22.7 Å². The number of hydrogen-bond acceptors (Lipinski definition) is 3. The van der Waals surface area contributed by atoms with Crippen molar-refractivity contribution in [3.63, 3.8) is 0 Å². The smallest absolute Gasteiger partial charge is 0.255 e. The van der Waals surface area contributed by atoms with E-state index in [0.29, 0.717) is 22.7 Å². The Morgan fingerprint density at radius 3 is 2.74 bits per heavy atom. The highest BCUT2D eigenvalue weighted by molar-refractivity contribution is 9.10. The van der Waals surface area contributed by atoms with Crippen molar-refractivity contribution in [2.24, 2.45) is 5.73 Å². The molecule has 0 bridgehead atoms. The van der Waals surface area contributed by atoms with E-state index in [2.05, 4.69) is 15.9 Å². The van der Waals surface area contributed by atoms with Gasteiger partial charge in [-0.15, -0.1) is 0 Å². The van der Waals surface area contributed by atoms with E-state index >= 15 is 0 Å². The number of halogens is 1. The molecule has 0 heterocycles. The summed E-state index contributed by atoms with van der Waals surface area (Å²) >= 11 is 8.25. The molecule has 0 saturated heterocycles. The molecule has 1 unspecified atom stereocenters. The zero-order valence-electron chi connectivity index (χ0n) is 11.1. The number of carbonyl (C=O) groups excluding carboxylic acids is 1. The Labute approximate surface area is 127 Å². The number of nitrogens with two attached hydrogens (primary N) is 1.